The standard InChI is InChI=1S/C20H28ClNO5/c1-3-26-20-16(5-4-11-23)17(14-6-8-15(21)9-7-14)13-18(27-20)19(24)22-10-12-25-2/h6-9,13,16-17,20,23H,3-5,10-12H2,1-2H3,(H,22,24)/t16-,17-,20-/m1/s1. The highest BCUT2D eigenvalue weighted by molar-refractivity contribution is 6.30. The average Bonchev–Trinajstić information content (AvgIpc) is 2.67. The van der Waals surface area contributed by atoms with E-state index in [2.05, 4.69) is 5.32 Å². The lowest BCUT2D eigenvalue weighted by Crippen LogP contribution is -2.39. The first-order chi connectivity index (χ1) is 13.1. The van der Waals surface area contributed by atoms with Crippen molar-refractivity contribution < 1.29 is 24.1 Å². The largest absolute Gasteiger partial charge is 0.459 e. The molecule has 0 saturated heterocycles. The summed E-state index contributed by atoms with van der Waals surface area (Å²) in [5, 5.41) is 12.7. The molecule has 0 aliphatic carbocycles. The van der Waals surface area contributed by atoms with Crippen molar-refractivity contribution in [2.24, 2.45) is 5.92 Å². The Bertz CT molecular complexity index is 619. The van der Waals surface area contributed by atoms with E-state index in [0.29, 0.717) is 37.6 Å². The first-order valence-electron chi connectivity index (χ1n) is 9.24. The van der Waals surface area contributed by atoms with Gasteiger partial charge in [-0.25, -0.2) is 0 Å². The van der Waals surface area contributed by atoms with Crippen LogP contribution < -0.4 is 5.32 Å². The number of hydrogen-bond acceptors (Lipinski definition) is 5. The van der Waals surface area contributed by atoms with Crippen molar-refractivity contribution in [1.82, 2.24) is 5.32 Å². The molecule has 1 aliphatic rings. The average molecular weight is 398 g/mol. The Labute approximate surface area is 165 Å². The van der Waals surface area contributed by atoms with Gasteiger partial charge in [0.05, 0.1) is 6.61 Å². The maximum absolute atomic E-state index is 12.5. The molecule has 7 heteroatoms. The van der Waals surface area contributed by atoms with Crippen LogP contribution in [0.2, 0.25) is 5.02 Å². The van der Waals surface area contributed by atoms with Crippen molar-refractivity contribution in [2.75, 3.05) is 33.5 Å². The Kier molecular flexibility index (Phi) is 9.07. The van der Waals surface area contributed by atoms with Crippen LogP contribution in [-0.2, 0) is 19.0 Å². The quantitative estimate of drug-likeness (QED) is 0.594. The second kappa shape index (κ2) is 11.3. The van der Waals surface area contributed by atoms with Crippen LogP contribution in [0.15, 0.2) is 36.1 Å². The first kappa shape index (κ1) is 21.7. The van der Waals surface area contributed by atoms with Gasteiger partial charge < -0.3 is 24.6 Å². The van der Waals surface area contributed by atoms with E-state index in [1.54, 1.807) is 7.11 Å². The lowest BCUT2D eigenvalue weighted by atomic mass is 9.80. The predicted octanol–water partition coefficient (Wildman–Crippen LogP) is 2.85. The summed E-state index contributed by atoms with van der Waals surface area (Å²) in [7, 11) is 1.58. The molecule has 6 nitrogen and oxygen atoms in total. The zero-order chi connectivity index (χ0) is 19.6. The summed E-state index contributed by atoms with van der Waals surface area (Å²) in [6, 6.07) is 7.56. The van der Waals surface area contributed by atoms with Crippen molar-refractivity contribution in [3.63, 3.8) is 0 Å². The molecule has 2 rings (SSSR count). The number of benzene rings is 1. The van der Waals surface area contributed by atoms with Crippen LogP contribution in [0.5, 0.6) is 0 Å². The molecule has 0 spiro atoms. The smallest absolute Gasteiger partial charge is 0.286 e. The summed E-state index contributed by atoms with van der Waals surface area (Å²) < 4.78 is 16.6. The van der Waals surface area contributed by atoms with Gasteiger partial charge in [-0.05, 0) is 43.5 Å². The molecule has 1 amide bonds. The number of hydrogen-bond donors (Lipinski definition) is 2. The maximum Gasteiger partial charge on any atom is 0.286 e. The van der Waals surface area contributed by atoms with Gasteiger partial charge in [-0.1, -0.05) is 23.7 Å². The molecule has 1 aromatic carbocycles. The zero-order valence-corrected chi connectivity index (χ0v) is 16.6. The molecule has 0 saturated carbocycles. The molecule has 1 aliphatic heterocycles. The Hall–Kier alpha value is -1.60. The fourth-order valence-corrected chi connectivity index (χ4v) is 3.31. The Morgan fingerprint density at radius 2 is 2.07 bits per heavy atom. The van der Waals surface area contributed by atoms with E-state index in [9.17, 15) is 9.90 Å². The van der Waals surface area contributed by atoms with Crippen LogP contribution in [0, 0.1) is 5.92 Å². The molecule has 2 N–H and O–H groups in total. The number of carbonyl (C=O) groups is 1. The van der Waals surface area contributed by atoms with E-state index in [-0.39, 0.29) is 30.1 Å². The molecule has 0 radical (unpaired) electrons. The van der Waals surface area contributed by atoms with Crippen LogP contribution in [0.25, 0.3) is 0 Å². The fourth-order valence-electron chi connectivity index (χ4n) is 3.18. The number of methoxy groups -OCH3 is 1. The van der Waals surface area contributed by atoms with Gasteiger partial charge in [-0.3, -0.25) is 4.79 Å². The third-order valence-electron chi connectivity index (χ3n) is 4.48. The second-order valence-corrected chi connectivity index (χ2v) is 6.76. The molecule has 0 fully saturated rings. The van der Waals surface area contributed by atoms with Crippen molar-refractivity contribution in [2.45, 2.75) is 32.0 Å². The highest BCUT2D eigenvalue weighted by atomic mass is 35.5. The highest BCUT2D eigenvalue weighted by Gasteiger charge is 2.37. The second-order valence-electron chi connectivity index (χ2n) is 6.33. The van der Waals surface area contributed by atoms with Gasteiger partial charge in [0.25, 0.3) is 5.91 Å². The Morgan fingerprint density at radius 3 is 2.70 bits per heavy atom. The van der Waals surface area contributed by atoms with E-state index in [1.165, 1.54) is 0 Å². The van der Waals surface area contributed by atoms with Crippen molar-refractivity contribution >= 4 is 17.5 Å². The van der Waals surface area contributed by atoms with E-state index in [4.69, 9.17) is 25.8 Å². The number of rotatable bonds is 10. The number of aliphatic hydroxyl groups excluding tert-OH is 1. The van der Waals surface area contributed by atoms with Crippen molar-refractivity contribution in [1.29, 1.82) is 0 Å². The Balaban J connectivity index is 2.31. The Morgan fingerprint density at radius 1 is 1.33 bits per heavy atom. The van der Waals surface area contributed by atoms with E-state index >= 15 is 0 Å². The van der Waals surface area contributed by atoms with Gasteiger partial charge in [0.1, 0.15) is 0 Å². The minimum atomic E-state index is -0.560. The molecule has 0 unspecified atom stereocenters. The maximum atomic E-state index is 12.5. The monoisotopic (exact) mass is 397 g/mol. The highest BCUT2D eigenvalue weighted by Crippen LogP contribution is 2.39. The molecule has 0 aromatic heterocycles. The van der Waals surface area contributed by atoms with Gasteiger partial charge in [0.2, 0.25) is 6.29 Å². The minimum Gasteiger partial charge on any atom is -0.459 e. The van der Waals surface area contributed by atoms with Crippen molar-refractivity contribution in [3.8, 4) is 0 Å². The normalized spacial score (nSPS) is 22.1. The molecule has 0 bridgehead atoms. The number of aliphatic hydroxyl groups is 1. The third-order valence-corrected chi connectivity index (χ3v) is 4.73. The van der Waals surface area contributed by atoms with Gasteiger partial charge in [0, 0.05) is 43.7 Å². The minimum absolute atomic E-state index is 0.0196. The SMILES string of the molecule is CCO[C@@H]1OC(C(=O)NCCOC)=C[C@H](c2ccc(Cl)cc2)[C@H]1CCCO. The molecule has 150 valence electrons. The first-order valence-corrected chi connectivity index (χ1v) is 9.62. The lowest BCUT2D eigenvalue weighted by Gasteiger charge is -2.37. The number of amides is 1. The number of ether oxygens (including phenoxy) is 3. The molecular weight excluding hydrogens is 370 g/mol. The molecule has 1 aromatic rings. The summed E-state index contributed by atoms with van der Waals surface area (Å²) in [6.07, 6.45) is 2.62. The summed E-state index contributed by atoms with van der Waals surface area (Å²) in [4.78, 5) is 12.5. The molecule has 1 heterocycles. The van der Waals surface area contributed by atoms with E-state index in [1.807, 2.05) is 37.3 Å². The van der Waals surface area contributed by atoms with Crippen LogP contribution >= 0.6 is 11.6 Å². The van der Waals surface area contributed by atoms with Crippen LogP contribution in [0.3, 0.4) is 0 Å². The number of nitrogens with one attached hydrogen (secondary N) is 1. The summed E-state index contributed by atoms with van der Waals surface area (Å²) in [5.41, 5.74) is 1.03. The van der Waals surface area contributed by atoms with Crippen molar-refractivity contribution in [3.05, 3.63) is 46.7 Å². The van der Waals surface area contributed by atoms with Crippen LogP contribution in [0.4, 0.5) is 0 Å². The summed E-state index contributed by atoms with van der Waals surface area (Å²) in [5.74, 6) is -0.155. The van der Waals surface area contributed by atoms with Gasteiger partial charge in [-0.15, -0.1) is 0 Å². The van der Waals surface area contributed by atoms with Gasteiger partial charge in [0.15, 0.2) is 5.76 Å². The zero-order valence-electron chi connectivity index (χ0n) is 15.8. The molecule has 27 heavy (non-hydrogen) atoms. The third kappa shape index (κ3) is 6.21. The number of carbonyl (C=O) groups excluding carboxylic acids is 1. The molecular formula is C20H28ClNO5. The van der Waals surface area contributed by atoms with Gasteiger partial charge >= 0.3 is 0 Å². The lowest BCUT2D eigenvalue weighted by molar-refractivity contribution is -0.166. The number of allylic oxidation sites excluding steroid dienone is 1. The summed E-state index contributed by atoms with van der Waals surface area (Å²) in [6.45, 7) is 3.27. The van der Waals surface area contributed by atoms with E-state index < -0.39 is 6.29 Å². The van der Waals surface area contributed by atoms with Crippen LogP contribution in [0.1, 0.15) is 31.2 Å². The molecule has 3 atom stereocenters. The number of halogens is 1. The fraction of sp³-hybridized carbons (Fsp3) is 0.550. The van der Waals surface area contributed by atoms with Crippen LogP contribution in [-0.4, -0.2) is 50.8 Å². The topological polar surface area (TPSA) is 77.0 Å². The summed E-state index contributed by atoms with van der Waals surface area (Å²) >= 11 is 6.03. The van der Waals surface area contributed by atoms with Gasteiger partial charge in [-0.2, -0.15) is 0 Å². The predicted molar refractivity (Wildman–Crippen MR) is 103 cm³/mol. The van der Waals surface area contributed by atoms with E-state index in [0.717, 1.165) is 5.56 Å².